The van der Waals surface area contributed by atoms with Crippen molar-refractivity contribution in [1.82, 2.24) is 14.8 Å². The number of amides is 1. The molecule has 0 aliphatic carbocycles. The summed E-state index contributed by atoms with van der Waals surface area (Å²) in [6.07, 6.45) is 2.06. The second-order valence-corrected chi connectivity index (χ2v) is 5.19. The number of nitrogens with zero attached hydrogens (tertiary/aromatic N) is 3. The van der Waals surface area contributed by atoms with Gasteiger partial charge < -0.3 is 5.32 Å². The number of carbonyl (C=O) groups excluding carboxylic acids is 1. The molecule has 2 rings (SSSR count). The van der Waals surface area contributed by atoms with Gasteiger partial charge in [0, 0.05) is 18.3 Å². The Kier molecular flexibility index (Phi) is 4.17. The van der Waals surface area contributed by atoms with Crippen LogP contribution in [0.15, 0.2) is 24.4 Å². The Morgan fingerprint density at radius 1 is 1.35 bits per heavy atom. The molecule has 1 unspecified atom stereocenters. The number of aryl methyl sites for hydroxylation is 3. The van der Waals surface area contributed by atoms with Gasteiger partial charge in [-0.1, -0.05) is 0 Å². The van der Waals surface area contributed by atoms with Crippen molar-refractivity contribution in [2.45, 2.75) is 40.2 Å². The van der Waals surface area contributed by atoms with E-state index in [-0.39, 0.29) is 11.9 Å². The summed E-state index contributed by atoms with van der Waals surface area (Å²) in [4.78, 5) is 16.2. The monoisotopic (exact) mass is 272 g/mol. The van der Waals surface area contributed by atoms with Gasteiger partial charge in [0.05, 0.1) is 11.7 Å². The third-order valence-electron chi connectivity index (χ3n) is 3.13. The van der Waals surface area contributed by atoms with Gasteiger partial charge in [0.2, 0.25) is 5.91 Å². The maximum absolute atomic E-state index is 12.0. The van der Waals surface area contributed by atoms with Gasteiger partial charge >= 0.3 is 0 Å². The molecule has 2 aromatic rings. The predicted molar refractivity (Wildman–Crippen MR) is 78.6 cm³/mol. The molecule has 20 heavy (non-hydrogen) atoms. The van der Waals surface area contributed by atoms with Gasteiger partial charge in [-0.2, -0.15) is 5.10 Å². The summed E-state index contributed by atoms with van der Waals surface area (Å²) >= 11 is 0. The lowest BCUT2D eigenvalue weighted by atomic mass is 10.2. The van der Waals surface area contributed by atoms with Crippen LogP contribution < -0.4 is 5.32 Å². The largest absolute Gasteiger partial charge is 0.311 e. The third kappa shape index (κ3) is 3.44. The molecule has 0 aliphatic heterocycles. The van der Waals surface area contributed by atoms with Gasteiger partial charge in [0.25, 0.3) is 0 Å². The highest BCUT2D eigenvalue weighted by atomic mass is 16.1. The molecular formula is C15H20N4O. The molecule has 0 aromatic carbocycles. The van der Waals surface area contributed by atoms with Crippen molar-refractivity contribution in [2.24, 2.45) is 0 Å². The summed E-state index contributed by atoms with van der Waals surface area (Å²) in [7, 11) is 0. The molecule has 0 saturated carbocycles. The van der Waals surface area contributed by atoms with Crippen LogP contribution in [0.3, 0.4) is 0 Å². The first-order chi connectivity index (χ1) is 9.45. The first-order valence-corrected chi connectivity index (χ1v) is 6.71. The number of hydrogen-bond acceptors (Lipinski definition) is 3. The van der Waals surface area contributed by atoms with Gasteiger partial charge in [-0.25, -0.2) is 4.98 Å². The van der Waals surface area contributed by atoms with Crippen molar-refractivity contribution in [3.05, 3.63) is 41.3 Å². The quantitative estimate of drug-likeness (QED) is 0.931. The van der Waals surface area contributed by atoms with Crippen molar-refractivity contribution >= 4 is 11.7 Å². The van der Waals surface area contributed by atoms with Crippen LogP contribution in [0.1, 0.15) is 36.3 Å². The second kappa shape index (κ2) is 5.86. The van der Waals surface area contributed by atoms with E-state index in [4.69, 9.17) is 0 Å². The molecule has 5 nitrogen and oxygen atoms in total. The average Bonchev–Trinajstić information content (AvgIpc) is 2.68. The minimum atomic E-state index is -0.0526. The molecular weight excluding hydrogens is 252 g/mol. The summed E-state index contributed by atoms with van der Waals surface area (Å²) < 4.78 is 1.89. The molecule has 5 heteroatoms. The number of pyridine rings is 1. The first kappa shape index (κ1) is 14.2. The van der Waals surface area contributed by atoms with Crippen molar-refractivity contribution in [1.29, 1.82) is 0 Å². The molecule has 2 aromatic heterocycles. The van der Waals surface area contributed by atoms with E-state index in [1.54, 1.807) is 6.20 Å². The zero-order valence-corrected chi connectivity index (χ0v) is 12.3. The number of aromatic nitrogens is 3. The molecule has 0 radical (unpaired) electrons. The van der Waals surface area contributed by atoms with Crippen LogP contribution in [-0.4, -0.2) is 20.7 Å². The molecule has 0 saturated heterocycles. The fourth-order valence-corrected chi connectivity index (χ4v) is 2.25. The van der Waals surface area contributed by atoms with E-state index in [2.05, 4.69) is 15.4 Å². The molecule has 0 aliphatic rings. The third-order valence-corrected chi connectivity index (χ3v) is 3.13. The number of hydrogen-bond donors (Lipinski definition) is 1. The fraction of sp³-hybridized carbons (Fsp3) is 0.400. The predicted octanol–water partition coefficient (Wildman–Crippen LogP) is 2.79. The molecule has 1 amide bonds. The van der Waals surface area contributed by atoms with Crippen LogP contribution >= 0.6 is 0 Å². The first-order valence-electron chi connectivity index (χ1n) is 6.71. The van der Waals surface area contributed by atoms with Crippen LogP contribution in [0.2, 0.25) is 0 Å². The minimum absolute atomic E-state index is 0.0218. The lowest BCUT2D eigenvalue weighted by molar-refractivity contribution is -0.116. The Hall–Kier alpha value is -2.17. The summed E-state index contributed by atoms with van der Waals surface area (Å²) in [6.45, 7) is 7.90. The average molecular weight is 272 g/mol. The van der Waals surface area contributed by atoms with E-state index in [9.17, 15) is 4.79 Å². The normalized spacial score (nSPS) is 12.2. The van der Waals surface area contributed by atoms with Crippen LogP contribution in [0, 0.1) is 20.8 Å². The van der Waals surface area contributed by atoms with Crippen LogP contribution in [0.5, 0.6) is 0 Å². The molecule has 0 spiro atoms. The highest BCUT2D eigenvalue weighted by Crippen LogP contribution is 2.15. The Bertz CT molecular complexity index is 618. The highest BCUT2D eigenvalue weighted by molar-refractivity contribution is 5.90. The Morgan fingerprint density at radius 2 is 2.10 bits per heavy atom. The summed E-state index contributed by atoms with van der Waals surface area (Å²) in [6, 6.07) is 5.78. The van der Waals surface area contributed by atoms with Gasteiger partial charge in [-0.05, 0) is 51.5 Å². The fourth-order valence-electron chi connectivity index (χ4n) is 2.25. The summed E-state index contributed by atoms with van der Waals surface area (Å²) in [5.74, 6) is 0.540. The van der Waals surface area contributed by atoms with E-state index in [1.807, 2.05) is 50.6 Å². The molecule has 2 heterocycles. The maximum atomic E-state index is 12.0. The lowest BCUT2D eigenvalue weighted by Gasteiger charge is -2.14. The van der Waals surface area contributed by atoms with Crippen molar-refractivity contribution in [2.75, 3.05) is 5.32 Å². The molecule has 1 N–H and O–H groups in total. The molecule has 0 fully saturated rings. The van der Waals surface area contributed by atoms with Crippen molar-refractivity contribution in [3.8, 4) is 0 Å². The number of rotatable bonds is 4. The minimum Gasteiger partial charge on any atom is -0.311 e. The highest BCUT2D eigenvalue weighted by Gasteiger charge is 2.14. The summed E-state index contributed by atoms with van der Waals surface area (Å²) in [5, 5.41) is 7.22. The standard InChI is InChI=1S/C15H20N4O/c1-10-5-6-16-14(7-10)17-15(20)9-13(4)19-12(3)8-11(2)18-19/h5-8,13H,9H2,1-4H3,(H,16,17,20). The second-order valence-electron chi connectivity index (χ2n) is 5.19. The van der Waals surface area contributed by atoms with E-state index in [0.29, 0.717) is 12.2 Å². The van der Waals surface area contributed by atoms with E-state index >= 15 is 0 Å². The SMILES string of the molecule is Cc1ccnc(NC(=O)CC(C)n2nc(C)cc2C)c1. The molecule has 106 valence electrons. The lowest BCUT2D eigenvalue weighted by Crippen LogP contribution is -2.19. The van der Waals surface area contributed by atoms with Gasteiger partial charge in [0.1, 0.15) is 5.82 Å². The molecule has 0 bridgehead atoms. The van der Waals surface area contributed by atoms with Gasteiger partial charge in [0.15, 0.2) is 0 Å². The zero-order chi connectivity index (χ0) is 14.7. The van der Waals surface area contributed by atoms with Crippen LogP contribution in [0.25, 0.3) is 0 Å². The topological polar surface area (TPSA) is 59.8 Å². The Labute approximate surface area is 119 Å². The summed E-state index contributed by atoms with van der Waals surface area (Å²) in [5.41, 5.74) is 3.11. The number of anilines is 1. The van der Waals surface area contributed by atoms with E-state index in [1.165, 1.54) is 0 Å². The van der Waals surface area contributed by atoms with Gasteiger partial charge in [-0.3, -0.25) is 9.48 Å². The van der Waals surface area contributed by atoms with Crippen molar-refractivity contribution < 1.29 is 4.79 Å². The zero-order valence-electron chi connectivity index (χ0n) is 12.3. The molecule has 1 atom stereocenters. The van der Waals surface area contributed by atoms with Gasteiger partial charge in [-0.15, -0.1) is 0 Å². The Balaban J connectivity index is 1.99. The Morgan fingerprint density at radius 3 is 2.70 bits per heavy atom. The smallest absolute Gasteiger partial charge is 0.227 e. The number of nitrogens with one attached hydrogen (secondary N) is 1. The maximum Gasteiger partial charge on any atom is 0.227 e. The number of carbonyl (C=O) groups is 1. The van der Waals surface area contributed by atoms with E-state index in [0.717, 1.165) is 17.0 Å². The van der Waals surface area contributed by atoms with Crippen molar-refractivity contribution in [3.63, 3.8) is 0 Å². The van der Waals surface area contributed by atoms with Crippen LogP contribution in [0.4, 0.5) is 5.82 Å². The van der Waals surface area contributed by atoms with Crippen LogP contribution in [-0.2, 0) is 4.79 Å². The van der Waals surface area contributed by atoms with E-state index < -0.39 is 0 Å².